The van der Waals surface area contributed by atoms with Crippen LogP contribution in [-0.4, -0.2) is 38.0 Å². The van der Waals surface area contributed by atoms with Crippen LogP contribution < -0.4 is 10.1 Å². The molecule has 1 aliphatic rings. The first-order chi connectivity index (χ1) is 15.5. The highest BCUT2D eigenvalue weighted by molar-refractivity contribution is 5.95. The Morgan fingerprint density at radius 2 is 1.81 bits per heavy atom. The molecule has 0 bridgehead atoms. The van der Waals surface area contributed by atoms with Gasteiger partial charge in [-0.1, -0.05) is 29.8 Å². The molecular formula is C24H22N6O2. The molecule has 4 aromatic rings. The zero-order valence-corrected chi connectivity index (χ0v) is 18.0. The number of carbonyl (C=O) groups excluding carboxylic acids is 1. The Kier molecular flexibility index (Phi) is 4.89. The number of aryl methyl sites for hydroxylation is 2. The lowest BCUT2D eigenvalue weighted by Crippen LogP contribution is -2.25. The molecule has 1 N–H and O–H groups in total. The number of aromatic nitrogens is 5. The highest BCUT2D eigenvalue weighted by atomic mass is 16.5. The van der Waals surface area contributed by atoms with Crippen LogP contribution in [0.5, 0.6) is 5.75 Å². The van der Waals surface area contributed by atoms with Crippen molar-refractivity contribution in [2.45, 2.75) is 26.2 Å². The van der Waals surface area contributed by atoms with E-state index in [1.807, 2.05) is 38.1 Å². The topological polar surface area (TPSA) is 94.8 Å². The van der Waals surface area contributed by atoms with E-state index in [0.717, 1.165) is 28.1 Å². The summed E-state index contributed by atoms with van der Waals surface area (Å²) in [5, 5.41) is 16.0. The summed E-state index contributed by atoms with van der Waals surface area (Å²) in [5.41, 5.74) is 5.59. The Hall–Kier alpha value is -4.07. The number of nitrogens with one attached hydrogen (secondary N) is 1. The lowest BCUT2D eigenvalue weighted by Gasteiger charge is -2.24. The van der Waals surface area contributed by atoms with E-state index in [4.69, 9.17) is 4.74 Å². The Bertz CT molecular complexity index is 1300. The summed E-state index contributed by atoms with van der Waals surface area (Å²) in [5.74, 6) is 1.51. The third-order valence-corrected chi connectivity index (χ3v) is 5.71. The Labute approximate surface area is 185 Å². The minimum atomic E-state index is -0.0779. The number of hydrogen-bond acceptors (Lipinski definition) is 6. The van der Waals surface area contributed by atoms with Crippen molar-refractivity contribution >= 4 is 11.7 Å². The molecule has 0 spiro atoms. The average molecular weight is 426 g/mol. The van der Waals surface area contributed by atoms with Crippen LogP contribution in [0.4, 0.5) is 5.82 Å². The van der Waals surface area contributed by atoms with Gasteiger partial charge in [-0.2, -0.15) is 14.9 Å². The Morgan fingerprint density at radius 3 is 2.53 bits per heavy atom. The van der Waals surface area contributed by atoms with Gasteiger partial charge in [0.05, 0.1) is 24.7 Å². The fourth-order valence-corrected chi connectivity index (χ4v) is 4.06. The third-order valence-electron chi connectivity index (χ3n) is 5.71. The molecule has 1 aliphatic heterocycles. The number of ether oxygens (including phenoxy) is 1. The minimum Gasteiger partial charge on any atom is -0.497 e. The molecule has 1 atom stereocenters. The molecule has 0 saturated heterocycles. The number of amides is 1. The van der Waals surface area contributed by atoms with Gasteiger partial charge in [-0.25, -0.2) is 4.98 Å². The van der Waals surface area contributed by atoms with E-state index in [1.54, 1.807) is 18.0 Å². The summed E-state index contributed by atoms with van der Waals surface area (Å²) in [7, 11) is 1.63. The van der Waals surface area contributed by atoms with E-state index in [2.05, 4.69) is 49.9 Å². The smallest absolute Gasteiger partial charge is 0.272 e. The second kappa shape index (κ2) is 7.88. The fraction of sp³-hybridized carbons (Fsp3) is 0.208. The maximum absolute atomic E-state index is 12.6. The maximum Gasteiger partial charge on any atom is 0.272 e. The van der Waals surface area contributed by atoms with Crippen molar-refractivity contribution in [3.8, 4) is 23.0 Å². The van der Waals surface area contributed by atoms with Crippen molar-refractivity contribution in [3.63, 3.8) is 0 Å². The second-order valence-electron chi connectivity index (χ2n) is 7.85. The van der Waals surface area contributed by atoms with E-state index < -0.39 is 0 Å². The van der Waals surface area contributed by atoms with E-state index in [-0.39, 0.29) is 11.8 Å². The molecule has 0 saturated carbocycles. The lowest BCUT2D eigenvalue weighted by molar-refractivity contribution is -0.116. The standard InChI is InChI=1S/C24H22N6O2/c1-14-4-6-16(7-5-14)19-12-21(31)27-23-22(19)15(2)29-30(23)24-26-20(13-25-28-24)17-8-10-18(32-3)11-9-17/h4-11,13,19H,12H2,1-3H3,(H,27,31)/t19-/m1/s1. The summed E-state index contributed by atoms with van der Waals surface area (Å²) in [6, 6.07) is 15.8. The third kappa shape index (κ3) is 3.49. The van der Waals surface area contributed by atoms with Crippen molar-refractivity contribution < 1.29 is 9.53 Å². The van der Waals surface area contributed by atoms with Crippen molar-refractivity contribution in [3.05, 3.63) is 77.1 Å². The first-order valence-electron chi connectivity index (χ1n) is 10.3. The van der Waals surface area contributed by atoms with Gasteiger partial charge in [0.25, 0.3) is 5.95 Å². The molecule has 0 fully saturated rings. The molecule has 3 heterocycles. The summed E-state index contributed by atoms with van der Waals surface area (Å²) >= 11 is 0. The number of methoxy groups -OCH3 is 1. The number of anilines is 1. The monoisotopic (exact) mass is 426 g/mol. The van der Waals surface area contributed by atoms with Crippen LogP contribution in [0.25, 0.3) is 17.2 Å². The van der Waals surface area contributed by atoms with E-state index >= 15 is 0 Å². The van der Waals surface area contributed by atoms with Crippen molar-refractivity contribution in [2.24, 2.45) is 0 Å². The van der Waals surface area contributed by atoms with Crippen molar-refractivity contribution in [2.75, 3.05) is 12.4 Å². The van der Waals surface area contributed by atoms with Gasteiger partial charge in [0.15, 0.2) is 0 Å². The molecule has 0 radical (unpaired) electrons. The normalized spacial score (nSPS) is 15.2. The van der Waals surface area contributed by atoms with E-state index in [1.165, 1.54) is 5.56 Å². The summed E-state index contributed by atoms with van der Waals surface area (Å²) in [6.45, 7) is 3.99. The first-order valence-corrected chi connectivity index (χ1v) is 10.3. The minimum absolute atomic E-state index is 0.0662. The fourth-order valence-electron chi connectivity index (χ4n) is 4.06. The van der Waals surface area contributed by atoms with Crippen molar-refractivity contribution in [1.29, 1.82) is 0 Å². The summed E-state index contributed by atoms with van der Waals surface area (Å²) in [6.07, 6.45) is 1.97. The summed E-state index contributed by atoms with van der Waals surface area (Å²) < 4.78 is 6.80. The van der Waals surface area contributed by atoms with Crippen LogP contribution in [0.2, 0.25) is 0 Å². The first kappa shape index (κ1) is 19.9. The second-order valence-corrected chi connectivity index (χ2v) is 7.85. The number of nitrogens with zero attached hydrogens (tertiary/aromatic N) is 5. The van der Waals surface area contributed by atoms with Gasteiger partial charge in [0, 0.05) is 23.5 Å². The molecule has 160 valence electrons. The molecule has 8 heteroatoms. The highest BCUT2D eigenvalue weighted by Crippen LogP contribution is 2.40. The maximum atomic E-state index is 12.6. The summed E-state index contributed by atoms with van der Waals surface area (Å²) in [4.78, 5) is 17.3. The predicted octanol–water partition coefficient (Wildman–Crippen LogP) is 3.82. The molecule has 8 nitrogen and oxygen atoms in total. The van der Waals surface area contributed by atoms with Gasteiger partial charge >= 0.3 is 0 Å². The molecule has 32 heavy (non-hydrogen) atoms. The molecule has 0 aliphatic carbocycles. The number of hydrogen-bond donors (Lipinski definition) is 1. The lowest BCUT2D eigenvalue weighted by atomic mass is 9.85. The van der Waals surface area contributed by atoms with Crippen LogP contribution >= 0.6 is 0 Å². The predicted molar refractivity (Wildman–Crippen MR) is 120 cm³/mol. The molecule has 2 aromatic carbocycles. The molecule has 5 rings (SSSR count). The Morgan fingerprint density at radius 1 is 1.06 bits per heavy atom. The number of benzene rings is 2. The zero-order valence-electron chi connectivity index (χ0n) is 18.0. The molecule has 0 unspecified atom stereocenters. The SMILES string of the molecule is COc1ccc(-c2cnnc(-n3nc(C)c4c3NC(=O)C[C@@H]4c3ccc(C)cc3)n2)cc1. The zero-order chi connectivity index (χ0) is 22.2. The van der Waals surface area contributed by atoms with Crippen LogP contribution in [-0.2, 0) is 4.79 Å². The van der Waals surface area contributed by atoms with Crippen LogP contribution in [0.1, 0.15) is 34.7 Å². The van der Waals surface area contributed by atoms with E-state index in [9.17, 15) is 4.79 Å². The van der Waals surface area contributed by atoms with Crippen LogP contribution in [0.15, 0.2) is 54.7 Å². The number of rotatable bonds is 4. The number of carbonyl (C=O) groups is 1. The van der Waals surface area contributed by atoms with Gasteiger partial charge in [-0.15, -0.1) is 5.10 Å². The molecule has 1 amide bonds. The number of fused-ring (bicyclic) bond motifs is 1. The van der Waals surface area contributed by atoms with Gasteiger partial charge in [-0.3, -0.25) is 4.79 Å². The van der Waals surface area contributed by atoms with Crippen LogP contribution in [0.3, 0.4) is 0 Å². The average Bonchev–Trinajstić information content (AvgIpc) is 3.15. The van der Waals surface area contributed by atoms with Crippen LogP contribution in [0, 0.1) is 13.8 Å². The van der Waals surface area contributed by atoms with Gasteiger partial charge in [0.1, 0.15) is 11.6 Å². The largest absolute Gasteiger partial charge is 0.497 e. The van der Waals surface area contributed by atoms with E-state index in [0.29, 0.717) is 23.9 Å². The van der Waals surface area contributed by atoms with Gasteiger partial charge < -0.3 is 10.1 Å². The quantitative estimate of drug-likeness (QED) is 0.533. The Balaban J connectivity index is 1.58. The molecule has 2 aromatic heterocycles. The molecular weight excluding hydrogens is 404 g/mol. The van der Waals surface area contributed by atoms with Crippen molar-refractivity contribution in [1.82, 2.24) is 25.0 Å². The van der Waals surface area contributed by atoms with Gasteiger partial charge in [0.2, 0.25) is 5.91 Å². The van der Waals surface area contributed by atoms with Gasteiger partial charge in [-0.05, 0) is 43.7 Å². The highest BCUT2D eigenvalue weighted by Gasteiger charge is 2.33.